The Labute approximate surface area is 131 Å². The molecule has 2 aromatic carbocycles. The van der Waals surface area contributed by atoms with Crippen LogP contribution >= 0.6 is 23.2 Å². The second-order valence-corrected chi connectivity index (χ2v) is 4.87. The van der Waals surface area contributed by atoms with E-state index in [-0.39, 0.29) is 26.9 Å². The summed E-state index contributed by atoms with van der Waals surface area (Å²) in [6.45, 7) is 0. The predicted octanol–water partition coefficient (Wildman–Crippen LogP) is 4.38. The van der Waals surface area contributed by atoms with Gasteiger partial charge in [0, 0.05) is 0 Å². The van der Waals surface area contributed by atoms with Gasteiger partial charge in [-0.1, -0.05) is 29.3 Å². The standard InChI is InChI=1S/C15H11Cl2FO3/c1-20-11-7-6-8(15(21-2)13(11)17)14(19)12-9(16)4-3-5-10(12)18/h3-7H,1-2H3. The van der Waals surface area contributed by atoms with Gasteiger partial charge in [-0.3, -0.25) is 4.79 Å². The number of rotatable bonds is 4. The zero-order valence-corrected chi connectivity index (χ0v) is 12.8. The van der Waals surface area contributed by atoms with Gasteiger partial charge < -0.3 is 9.47 Å². The van der Waals surface area contributed by atoms with Crippen molar-refractivity contribution in [2.75, 3.05) is 14.2 Å². The van der Waals surface area contributed by atoms with Crippen molar-refractivity contribution in [3.63, 3.8) is 0 Å². The normalized spacial score (nSPS) is 10.3. The minimum absolute atomic E-state index is 0.0222. The number of benzene rings is 2. The first-order valence-electron chi connectivity index (χ1n) is 5.90. The maximum absolute atomic E-state index is 13.9. The molecule has 0 bridgehead atoms. The maximum atomic E-state index is 13.9. The second-order valence-electron chi connectivity index (χ2n) is 4.09. The van der Waals surface area contributed by atoms with Crippen LogP contribution in [0.25, 0.3) is 0 Å². The summed E-state index contributed by atoms with van der Waals surface area (Å²) < 4.78 is 24.1. The van der Waals surface area contributed by atoms with Gasteiger partial charge in [-0.15, -0.1) is 0 Å². The number of ketones is 1. The molecule has 0 atom stereocenters. The number of methoxy groups -OCH3 is 2. The zero-order chi connectivity index (χ0) is 15.6. The van der Waals surface area contributed by atoms with Crippen LogP contribution in [0.3, 0.4) is 0 Å². The Bertz CT molecular complexity index is 681. The Morgan fingerprint density at radius 2 is 1.81 bits per heavy atom. The number of halogens is 3. The fraction of sp³-hybridized carbons (Fsp3) is 0.133. The van der Waals surface area contributed by atoms with Crippen LogP contribution in [0, 0.1) is 5.82 Å². The molecule has 0 spiro atoms. The summed E-state index contributed by atoms with van der Waals surface area (Å²) in [5.74, 6) is -0.856. The van der Waals surface area contributed by atoms with Gasteiger partial charge in [0.15, 0.2) is 5.75 Å². The fourth-order valence-corrected chi connectivity index (χ4v) is 2.49. The summed E-state index contributed by atoms with van der Waals surface area (Å²) >= 11 is 12.0. The van der Waals surface area contributed by atoms with E-state index in [1.165, 1.54) is 38.5 Å². The molecule has 0 saturated carbocycles. The first-order valence-corrected chi connectivity index (χ1v) is 6.66. The third-order valence-corrected chi connectivity index (χ3v) is 3.59. The molecule has 0 unspecified atom stereocenters. The Hall–Kier alpha value is -1.78. The molecule has 0 fully saturated rings. The highest BCUT2D eigenvalue weighted by molar-refractivity contribution is 6.36. The highest BCUT2D eigenvalue weighted by atomic mass is 35.5. The van der Waals surface area contributed by atoms with Crippen LogP contribution in [0.15, 0.2) is 30.3 Å². The van der Waals surface area contributed by atoms with E-state index in [0.717, 1.165) is 6.07 Å². The van der Waals surface area contributed by atoms with Crippen molar-refractivity contribution >= 4 is 29.0 Å². The molecule has 2 aromatic rings. The van der Waals surface area contributed by atoms with Crippen LogP contribution < -0.4 is 9.47 Å². The van der Waals surface area contributed by atoms with Crippen LogP contribution in [0.4, 0.5) is 4.39 Å². The van der Waals surface area contributed by atoms with Crippen molar-refractivity contribution in [3.05, 3.63) is 57.3 Å². The lowest BCUT2D eigenvalue weighted by atomic mass is 10.0. The van der Waals surface area contributed by atoms with Gasteiger partial charge in [-0.05, 0) is 24.3 Å². The van der Waals surface area contributed by atoms with Crippen LogP contribution in [0.2, 0.25) is 10.0 Å². The monoisotopic (exact) mass is 328 g/mol. The number of ether oxygens (including phenoxy) is 2. The van der Waals surface area contributed by atoms with E-state index in [2.05, 4.69) is 0 Å². The fourth-order valence-electron chi connectivity index (χ4n) is 1.92. The third kappa shape index (κ3) is 2.82. The Morgan fingerprint density at radius 1 is 1.10 bits per heavy atom. The van der Waals surface area contributed by atoms with Crippen LogP contribution in [0.1, 0.15) is 15.9 Å². The number of hydrogen-bond acceptors (Lipinski definition) is 3. The average Bonchev–Trinajstić information content (AvgIpc) is 2.46. The SMILES string of the molecule is COc1ccc(C(=O)c2c(F)cccc2Cl)c(OC)c1Cl. The predicted molar refractivity (Wildman–Crippen MR) is 79.4 cm³/mol. The molecular formula is C15H11Cl2FO3. The first-order chi connectivity index (χ1) is 10.0. The molecule has 0 heterocycles. The summed E-state index contributed by atoms with van der Waals surface area (Å²) in [4.78, 5) is 12.5. The molecule has 2 rings (SSSR count). The van der Waals surface area contributed by atoms with Gasteiger partial charge in [0.25, 0.3) is 0 Å². The summed E-state index contributed by atoms with van der Waals surface area (Å²) in [6, 6.07) is 6.99. The van der Waals surface area contributed by atoms with Crippen molar-refractivity contribution in [2.45, 2.75) is 0 Å². The summed E-state index contributed by atoms with van der Waals surface area (Å²) in [5, 5.41) is 0.160. The van der Waals surface area contributed by atoms with Gasteiger partial charge in [0.1, 0.15) is 16.6 Å². The number of carbonyl (C=O) groups excluding carboxylic acids is 1. The highest BCUT2D eigenvalue weighted by Crippen LogP contribution is 2.38. The van der Waals surface area contributed by atoms with Crippen molar-refractivity contribution < 1.29 is 18.7 Å². The highest BCUT2D eigenvalue weighted by Gasteiger charge is 2.23. The largest absolute Gasteiger partial charge is 0.495 e. The van der Waals surface area contributed by atoms with E-state index in [9.17, 15) is 9.18 Å². The molecule has 3 nitrogen and oxygen atoms in total. The zero-order valence-electron chi connectivity index (χ0n) is 11.2. The van der Waals surface area contributed by atoms with E-state index < -0.39 is 11.6 Å². The third-order valence-electron chi connectivity index (χ3n) is 2.92. The second kappa shape index (κ2) is 6.33. The van der Waals surface area contributed by atoms with Gasteiger partial charge in [-0.25, -0.2) is 4.39 Å². The molecule has 110 valence electrons. The lowest BCUT2D eigenvalue weighted by Gasteiger charge is -2.13. The molecule has 0 radical (unpaired) electrons. The minimum atomic E-state index is -0.707. The number of carbonyl (C=O) groups is 1. The molecule has 0 N–H and O–H groups in total. The van der Waals surface area contributed by atoms with Crippen LogP contribution in [-0.4, -0.2) is 20.0 Å². The van der Waals surface area contributed by atoms with E-state index >= 15 is 0 Å². The molecule has 0 saturated heterocycles. The Kier molecular flexibility index (Phi) is 4.70. The summed E-state index contributed by atoms with van der Waals surface area (Å²) in [6.07, 6.45) is 0. The Morgan fingerprint density at radius 3 is 2.38 bits per heavy atom. The quantitative estimate of drug-likeness (QED) is 0.781. The van der Waals surface area contributed by atoms with Gasteiger partial charge in [0.05, 0.1) is 30.4 Å². The molecule has 0 aliphatic heterocycles. The number of hydrogen-bond donors (Lipinski definition) is 0. The topological polar surface area (TPSA) is 35.5 Å². The first kappa shape index (κ1) is 15.6. The van der Waals surface area contributed by atoms with Gasteiger partial charge in [0.2, 0.25) is 5.78 Å². The van der Waals surface area contributed by atoms with E-state index in [1.54, 1.807) is 0 Å². The molecule has 6 heteroatoms. The molecule has 0 aliphatic rings. The molecule has 21 heavy (non-hydrogen) atoms. The molecular weight excluding hydrogens is 318 g/mol. The van der Waals surface area contributed by atoms with E-state index in [4.69, 9.17) is 32.7 Å². The van der Waals surface area contributed by atoms with E-state index in [1.807, 2.05) is 0 Å². The van der Waals surface area contributed by atoms with Gasteiger partial charge in [-0.2, -0.15) is 0 Å². The average molecular weight is 329 g/mol. The van der Waals surface area contributed by atoms with Crippen molar-refractivity contribution in [1.29, 1.82) is 0 Å². The van der Waals surface area contributed by atoms with Crippen LogP contribution in [-0.2, 0) is 0 Å². The molecule has 0 aliphatic carbocycles. The lowest BCUT2D eigenvalue weighted by molar-refractivity contribution is 0.103. The minimum Gasteiger partial charge on any atom is -0.495 e. The summed E-state index contributed by atoms with van der Waals surface area (Å²) in [7, 11) is 2.80. The molecule has 0 amide bonds. The lowest BCUT2D eigenvalue weighted by Crippen LogP contribution is -2.08. The van der Waals surface area contributed by atoms with Crippen LogP contribution in [0.5, 0.6) is 11.5 Å². The van der Waals surface area contributed by atoms with E-state index in [0.29, 0.717) is 5.75 Å². The van der Waals surface area contributed by atoms with Crippen molar-refractivity contribution in [1.82, 2.24) is 0 Å². The Balaban J connectivity index is 2.62. The van der Waals surface area contributed by atoms with Crippen molar-refractivity contribution in [2.24, 2.45) is 0 Å². The smallest absolute Gasteiger partial charge is 0.201 e. The molecule has 0 aromatic heterocycles. The van der Waals surface area contributed by atoms with Gasteiger partial charge >= 0.3 is 0 Å². The van der Waals surface area contributed by atoms with Crippen molar-refractivity contribution in [3.8, 4) is 11.5 Å². The summed E-state index contributed by atoms with van der Waals surface area (Å²) in [5.41, 5.74) is -0.117. The maximum Gasteiger partial charge on any atom is 0.201 e.